The van der Waals surface area contributed by atoms with Crippen LogP contribution >= 0.6 is 0 Å². The second-order valence-electron chi connectivity index (χ2n) is 5.40. The average Bonchev–Trinajstić information content (AvgIpc) is 2.41. The van der Waals surface area contributed by atoms with Crippen LogP contribution in [0.1, 0.15) is 66.2 Å². The monoisotopic (exact) mass is 268 g/mol. The molecular weight excluding hydrogens is 240 g/mol. The third-order valence-corrected chi connectivity index (χ3v) is 4.29. The number of carbonyl (C=O) groups is 2. The van der Waals surface area contributed by atoms with Gasteiger partial charge in [0.05, 0.1) is 0 Å². The van der Waals surface area contributed by atoms with E-state index in [0.29, 0.717) is 19.4 Å². The largest absolute Gasteiger partial charge is 0.342 e. The van der Waals surface area contributed by atoms with Crippen molar-refractivity contribution in [2.45, 2.75) is 77.8 Å². The first-order valence-corrected chi connectivity index (χ1v) is 7.69. The first kappa shape index (κ1) is 16.0. The van der Waals surface area contributed by atoms with Crippen LogP contribution in [-0.4, -0.2) is 34.8 Å². The molecule has 1 saturated heterocycles. The number of nitrogens with zero attached hydrogens (tertiary/aromatic N) is 1. The van der Waals surface area contributed by atoms with E-state index in [1.54, 1.807) is 0 Å². The van der Waals surface area contributed by atoms with E-state index in [9.17, 15) is 9.59 Å². The predicted molar refractivity (Wildman–Crippen MR) is 76.8 cm³/mol. The van der Waals surface area contributed by atoms with Crippen molar-refractivity contribution in [3.8, 4) is 0 Å². The van der Waals surface area contributed by atoms with Crippen LogP contribution in [0.4, 0.5) is 0 Å². The molecule has 0 bridgehead atoms. The molecule has 1 aliphatic heterocycles. The van der Waals surface area contributed by atoms with E-state index >= 15 is 0 Å². The highest BCUT2D eigenvalue weighted by Gasteiger charge is 2.49. The number of hydrogen-bond donors (Lipinski definition) is 1. The average molecular weight is 268 g/mol. The molecule has 19 heavy (non-hydrogen) atoms. The van der Waals surface area contributed by atoms with Gasteiger partial charge in [0.2, 0.25) is 11.8 Å². The molecule has 0 spiro atoms. The molecule has 1 fully saturated rings. The minimum atomic E-state index is -0.628. The van der Waals surface area contributed by atoms with Gasteiger partial charge in [-0.05, 0) is 25.7 Å². The number of hydrogen-bond acceptors (Lipinski definition) is 2. The lowest BCUT2D eigenvalue weighted by molar-refractivity contribution is -0.158. The SMILES string of the molecule is CCCCN1C(=O)C(CCC)NC(=O)C1(CC)CC. The molecule has 0 aliphatic carbocycles. The van der Waals surface area contributed by atoms with E-state index in [2.05, 4.69) is 12.2 Å². The highest BCUT2D eigenvalue weighted by atomic mass is 16.2. The fraction of sp³-hybridized carbons (Fsp3) is 0.867. The molecule has 110 valence electrons. The van der Waals surface area contributed by atoms with Gasteiger partial charge in [-0.2, -0.15) is 0 Å². The van der Waals surface area contributed by atoms with Gasteiger partial charge in [-0.15, -0.1) is 0 Å². The number of amides is 2. The van der Waals surface area contributed by atoms with Gasteiger partial charge >= 0.3 is 0 Å². The van der Waals surface area contributed by atoms with Crippen LogP contribution in [-0.2, 0) is 9.59 Å². The first-order valence-electron chi connectivity index (χ1n) is 7.69. The highest BCUT2D eigenvalue weighted by Crippen LogP contribution is 2.30. The molecule has 0 aromatic rings. The van der Waals surface area contributed by atoms with Gasteiger partial charge in [-0.1, -0.05) is 40.5 Å². The van der Waals surface area contributed by atoms with Crippen molar-refractivity contribution in [1.82, 2.24) is 10.2 Å². The van der Waals surface area contributed by atoms with Crippen LogP contribution < -0.4 is 5.32 Å². The fourth-order valence-corrected chi connectivity index (χ4v) is 2.95. The van der Waals surface area contributed by atoms with Crippen LogP contribution in [0.5, 0.6) is 0 Å². The Hall–Kier alpha value is -1.06. The van der Waals surface area contributed by atoms with Gasteiger partial charge in [0.1, 0.15) is 11.6 Å². The van der Waals surface area contributed by atoms with Crippen molar-refractivity contribution in [1.29, 1.82) is 0 Å². The zero-order chi connectivity index (χ0) is 14.5. The van der Waals surface area contributed by atoms with E-state index < -0.39 is 5.54 Å². The Morgan fingerprint density at radius 3 is 2.21 bits per heavy atom. The summed E-state index contributed by atoms with van der Waals surface area (Å²) in [7, 11) is 0. The molecule has 1 unspecified atom stereocenters. The Morgan fingerprint density at radius 1 is 1.11 bits per heavy atom. The highest BCUT2D eigenvalue weighted by molar-refractivity contribution is 5.99. The van der Waals surface area contributed by atoms with Crippen LogP contribution in [0.15, 0.2) is 0 Å². The third-order valence-electron chi connectivity index (χ3n) is 4.29. The Balaban J connectivity index is 3.03. The smallest absolute Gasteiger partial charge is 0.246 e. The number of piperazine rings is 1. The molecule has 4 heteroatoms. The van der Waals surface area contributed by atoms with Crippen molar-refractivity contribution in [3.05, 3.63) is 0 Å². The maximum absolute atomic E-state index is 12.6. The standard InChI is InChI=1S/C15H28N2O2/c1-5-9-11-17-13(18)12(10-6-2)16-14(19)15(17,7-3)8-4/h12H,5-11H2,1-4H3,(H,16,19). The summed E-state index contributed by atoms with van der Waals surface area (Å²) in [4.78, 5) is 26.9. The number of nitrogens with one attached hydrogen (secondary N) is 1. The molecule has 0 radical (unpaired) electrons. The lowest BCUT2D eigenvalue weighted by atomic mass is 9.85. The summed E-state index contributed by atoms with van der Waals surface area (Å²) < 4.78 is 0. The molecule has 0 aromatic heterocycles. The number of unbranched alkanes of at least 4 members (excludes halogenated alkanes) is 1. The lowest BCUT2D eigenvalue weighted by Crippen LogP contribution is -2.70. The summed E-state index contributed by atoms with van der Waals surface area (Å²) in [6, 6.07) is -0.319. The van der Waals surface area contributed by atoms with Gasteiger partial charge in [0.25, 0.3) is 0 Å². The van der Waals surface area contributed by atoms with Gasteiger partial charge in [0.15, 0.2) is 0 Å². The zero-order valence-corrected chi connectivity index (χ0v) is 12.8. The Kier molecular flexibility index (Phi) is 5.83. The van der Waals surface area contributed by atoms with Crippen LogP contribution in [0.3, 0.4) is 0 Å². The van der Waals surface area contributed by atoms with E-state index in [1.165, 1.54) is 0 Å². The van der Waals surface area contributed by atoms with Gasteiger partial charge < -0.3 is 10.2 Å². The van der Waals surface area contributed by atoms with E-state index in [4.69, 9.17) is 0 Å². The number of carbonyl (C=O) groups excluding carboxylic acids is 2. The van der Waals surface area contributed by atoms with Crippen molar-refractivity contribution in [2.24, 2.45) is 0 Å². The molecule has 1 rings (SSSR count). The molecule has 4 nitrogen and oxygen atoms in total. The summed E-state index contributed by atoms with van der Waals surface area (Å²) in [5, 5.41) is 2.94. The summed E-state index contributed by atoms with van der Waals surface area (Å²) in [5.41, 5.74) is -0.628. The quantitative estimate of drug-likeness (QED) is 0.771. The second-order valence-corrected chi connectivity index (χ2v) is 5.40. The topological polar surface area (TPSA) is 49.4 Å². The van der Waals surface area contributed by atoms with E-state index in [0.717, 1.165) is 25.7 Å². The second kappa shape index (κ2) is 6.92. The summed E-state index contributed by atoms with van der Waals surface area (Å²) >= 11 is 0. The van der Waals surface area contributed by atoms with Crippen molar-refractivity contribution >= 4 is 11.8 Å². The molecule has 0 aromatic carbocycles. The van der Waals surface area contributed by atoms with Crippen molar-refractivity contribution in [3.63, 3.8) is 0 Å². The fourth-order valence-electron chi connectivity index (χ4n) is 2.95. The maximum atomic E-state index is 12.6. The Bertz CT molecular complexity index is 324. The summed E-state index contributed by atoms with van der Waals surface area (Å²) in [5.74, 6) is 0.144. The minimum absolute atomic E-state index is 0.0339. The van der Waals surface area contributed by atoms with E-state index in [1.807, 2.05) is 25.7 Å². The van der Waals surface area contributed by atoms with Crippen LogP contribution in [0, 0.1) is 0 Å². The normalized spacial score (nSPS) is 22.5. The maximum Gasteiger partial charge on any atom is 0.246 e. The minimum Gasteiger partial charge on any atom is -0.342 e. The third kappa shape index (κ3) is 2.93. The molecule has 0 saturated carbocycles. The molecule has 2 amide bonds. The zero-order valence-electron chi connectivity index (χ0n) is 12.8. The predicted octanol–water partition coefficient (Wildman–Crippen LogP) is 2.47. The summed E-state index contributed by atoms with van der Waals surface area (Å²) in [6.07, 6.45) is 5.00. The Morgan fingerprint density at radius 2 is 1.74 bits per heavy atom. The molecule has 1 aliphatic rings. The van der Waals surface area contributed by atoms with Crippen LogP contribution in [0.25, 0.3) is 0 Å². The van der Waals surface area contributed by atoms with Gasteiger partial charge in [-0.3, -0.25) is 9.59 Å². The number of rotatable bonds is 7. The van der Waals surface area contributed by atoms with Gasteiger partial charge in [0, 0.05) is 6.54 Å². The Labute approximate surface area is 116 Å². The lowest BCUT2D eigenvalue weighted by Gasteiger charge is -2.47. The molecule has 1 atom stereocenters. The molecule has 1 N–H and O–H groups in total. The van der Waals surface area contributed by atoms with Crippen molar-refractivity contribution < 1.29 is 9.59 Å². The van der Waals surface area contributed by atoms with Gasteiger partial charge in [-0.25, -0.2) is 0 Å². The summed E-state index contributed by atoms with van der Waals surface area (Å²) in [6.45, 7) is 8.84. The molecule has 1 heterocycles. The van der Waals surface area contributed by atoms with E-state index in [-0.39, 0.29) is 17.9 Å². The first-order chi connectivity index (χ1) is 9.07. The van der Waals surface area contributed by atoms with Crippen molar-refractivity contribution in [2.75, 3.05) is 6.54 Å². The molecular formula is C15H28N2O2. The van der Waals surface area contributed by atoms with Crippen LogP contribution in [0.2, 0.25) is 0 Å².